The number of carbonyl (C=O) groups is 1. The maximum absolute atomic E-state index is 15.1. The first-order chi connectivity index (χ1) is 13.8. The largest absolute Gasteiger partial charge is 0.420 e. The third kappa shape index (κ3) is 5.27. The van der Waals surface area contributed by atoms with E-state index in [2.05, 4.69) is 4.90 Å². The van der Waals surface area contributed by atoms with E-state index in [0.29, 0.717) is 45.3 Å². The highest BCUT2D eigenvalue weighted by Crippen LogP contribution is 2.39. The standard InChI is InChI=1S/C21H27F4N3O/c1-3-5-18(27-11-8-15(14-29)9-12-27)28(10-4-2)17-7-6-16(13-26)19(20(17)22)21(23,24)25/h6-7,14-15,18H,3-5,8-12H2,1-2H3. The molecule has 0 aliphatic carbocycles. The summed E-state index contributed by atoms with van der Waals surface area (Å²) in [5.41, 5.74) is -2.35. The highest BCUT2D eigenvalue weighted by molar-refractivity contribution is 5.57. The minimum atomic E-state index is -4.95. The molecule has 1 atom stereocenters. The molecule has 2 rings (SSSR count). The van der Waals surface area contributed by atoms with Crippen molar-refractivity contribution in [3.05, 3.63) is 29.1 Å². The quantitative estimate of drug-likeness (QED) is 0.446. The van der Waals surface area contributed by atoms with Crippen LogP contribution in [-0.2, 0) is 11.0 Å². The fourth-order valence-electron chi connectivity index (χ4n) is 3.98. The molecule has 0 spiro atoms. The zero-order valence-electron chi connectivity index (χ0n) is 16.8. The Balaban J connectivity index is 2.48. The molecule has 1 aliphatic heterocycles. The monoisotopic (exact) mass is 413 g/mol. The van der Waals surface area contributed by atoms with Gasteiger partial charge in [-0.2, -0.15) is 18.4 Å². The van der Waals surface area contributed by atoms with Gasteiger partial charge in [0.1, 0.15) is 11.8 Å². The normalized spacial score (nSPS) is 17.0. The molecule has 1 heterocycles. The Hall–Kier alpha value is -2.14. The highest BCUT2D eigenvalue weighted by atomic mass is 19.4. The summed E-state index contributed by atoms with van der Waals surface area (Å²) in [4.78, 5) is 14.9. The number of carbonyl (C=O) groups excluding carboxylic acids is 1. The first-order valence-corrected chi connectivity index (χ1v) is 10.0. The minimum absolute atomic E-state index is 0.00312. The molecule has 0 saturated carbocycles. The molecule has 0 aromatic heterocycles. The van der Waals surface area contributed by atoms with E-state index >= 15 is 4.39 Å². The van der Waals surface area contributed by atoms with Crippen LogP contribution in [-0.4, -0.2) is 37.0 Å². The van der Waals surface area contributed by atoms with E-state index in [0.717, 1.165) is 18.8 Å². The topological polar surface area (TPSA) is 47.3 Å². The molecule has 0 bridgehead atoms. The lowest BCUT2D eigenvalue weighted by Crippen LogP contribution is -2.52. The molecular weight excluding hydrogens is 386 g/mol. The maximum Gasteiger partial charge on any atom is 0.420 e. The molecule has 1 aliphatic rings. The highest BCUT2D eigenvalue weighted by Gasteiger charge is 2.40. The van der Waals surface area contributed by atoms with E-state index in [9.17, 15) is 18.0 Å². The number of piperidine rings is 1. The van der Waals surface area contributed by atoms with Crippen LogP contribution >= 0.6 is 0 Å². The average Bonchev–Trinajstić information content (AvgIpc) is 2.69. The van der Waals surface area contributed by atoms with Crippen molar-refractivity contribution in [1.29, 1.82) is 5.26 Å². The summed E-state index contributed by atoms with van der Waals surface area (Å²) in [6, 6.07) is 3.77. The SMILES string of the molecule is CCCC(N1CCC(C=O)CC1)N(CCC)c1ccc(C#N)c(C(F)(F)F)c1F. The van der Waals surface area contributed by atoms with Gasteiger partial charge in [0.05, 0.1) is 23.5 Å². The molecule has 160 valence electrons. The van der Waals surface area contributed by atoms with Gasteiger partial charge in [-0.1, -0.05) is 20.3 Å². The fourth-order valence-corrected chi connectivity index (χ4v) is 3.98. The number of likely N-dealkylation sites (tertiary alicyclic amines) is 1. The molecule has 1 aromatic rings. The average molecular weight is 413 g/mol. The van der Waals surface area contributed by atoms with Gasteiger partial charge in [-0.25, -0.2) is 4.39 Å². The van der Waals surface area contributed by atoms with Gasteiger partial charge in [0, 0.05) is 25.6 Å². The Labute approximate surface area is 169 Å². The fraction of sp³-hybridized carbons (Fsp3) is 0.619. The molecule has 29 heavy (non-hydrogen) atoms. The van der Waals surface area contributed by atoms with Gasteiger partial charge >= 0.3 is 6.18 Å². The van der Waals surface area contributed by atoms with Crippen LogP contribution in [0.3, 0.4) is 0 Å². The number of rotatable bonds is 8. The van der Waals surface area contributed by atoms with E-state index in [1.54, 1.807) is 4.90 Å². The van der Waals surface area contributed by atoms with Crippen LogP contribution in [0.5, 0.6) is 0 Å². The molecule has 0 amide bonds. The zero-order chi connectivity index (χ0) is 21.6. The summed E-state index contributed by atoms with van der Waals surface area (Å²) in [6.07, 6.45) is -0.824. The van der Waals surface area contributed by atoms with Crippen LogP contribution in [0.2, 0.25) is 0 Å². The van der Waals surface area contributed by atoms with Crippen molar-refractivity contribution in [2.24, 2.45) is 5.92 Å². The Morgan fingerprint density at radius 1 is 1.28 bits per heavy atom. The summed E-state index contributed by atoms with van der Waals surface area (Å²) in [5.74, 6) is -1.40. The molecule has 1 fully saturated rings. The number of hydrogen-bond acceptors (Lipinski definition) is 4. The van der Waals surface area contributed by atoms with E-state index in [4.69, 9.17) is 5.26 Å². The van der Waals surface area contributed by atoms with Gasteiger partial charge in [-0.3, -0.25) is 4.90 Å². The van der Waals surface area contributed by atoms with Crippen molar-refractivity contribution in [2.45, 2.75) is 58.3 Å². The van der Waals surface area contributed by atoms with Crippen molar-refractivity contribution in [2.75, 3.05) is 24.5 Å². The summed E-state index contributed by atoms with van der Waals surface area (Å²) in [7, 11) is 0. The predicted octanol–water partition coefficient (Wildman–Crippen LogP) is 4.97. The summed E-state index contributed by atoms with van der Waals surface area (Å²) >= 11 is 0. The van der Waals surface area contributed by atoms with Crippen molar-refractivity contribution in [3.63, 3.8) is 0 Å². The van der Waals surface area contributed by atoms with Gasteiger partial charge in [-0.05, 0) is 37.8 Å². The van der Waals surface area contributed by atoms with Crippen molar-refractivity contribution in [1.82, 2.24) is 4.90 Å². The Morgan fingerprint density at radius 3 is 2.41 bits per heavy atom. The van der Waals surface area contributed by atoms with Crippen LogP contribution < -0.4 is 4.90 Å². The number of nitriles is 1. The van der Waals surface area contributed by atoms with E-state index in [1.165, 1.54) is 12.1 Å². The molecule has 0 radical (unpaired) electrons. The number of aldehydes is 1. The summed E-state index contributed by atoms with van der Waals surface area (Å²) in [5, 5.41) is 9.02. The Kier molecular flexibility index (Phi) is 8.03. The number of halogens is 4. The van der Waals surface area contributed by atoms with Crippen LogP contribution in [0.1, 0.15) is 57.1 Å². The van der Waals surface area contributed by atoms with E-state index < -0.39 is 23.1 Å². The maximum atomic E-state index is 15.1. The van der Waals surface area contributed by atoms with E-state index in [-0.39, 0.29) is 17.8 Å². The summed E-state index contributed by atoms with van der Waals surface area (Å²) in [6.45, 7) is 5.53. The van der Waals surface area contributed by atoms with Crippen molar-refractivity contribution < 1.29 is 22.4 Å². The van der Waals surface area contributed by atoms with Gasteiger partial charge in [-0.15, -0.1) is 0 Å². The lowest BCUT2D eigenvalue weighted by Gasteiger charge is -2.44. The molecule has 4 nitrogen and oxygen atoms in total. The van der Waals surface area contributed by atoms with Crippen LogP contribution in [0.15, 0.2) is 12.1 Å². The summed E-state index contributed by atoms with van der Waals surface area (Å²) < 4.78 is 55.5. The smallest absolute Gasteiger partial charge is 0.353 e. The van der Waals surface area contributed by atoms with E-state index in [1.807, 2.05) is 13.8 Å². The minimum Gasteiger partial charge on any atom is -0.353 e. The Morgan fingerprint density at radius 2 is 1.93 bits per heavy atom. The number of benzene rings is 1. The molecule has 8 heteroatoms. The molecule has 1 unspecified atom stereocenters. The van der Waals surface area contributed by atoms with Crippen LogP contribution in [0, 0.1) is 23.1 Å². The predicted molar refractivity (Wildman–Crippen MR) is 103 cm³/mol. The lowest BCUT2D eigenvalue weighted by atomic mass is 9.97. The number of hydrogen-bond donors (Lipinski definition) is 0. The second kappa shape index (κ2) is 10.1. The molecule has 1 saturated heterocycles. The number of anilines is 1. The Bertz CT molecular complexity index is 737. The van der Waals surface area contributed by atoms with Gasteiger partial charge in [0.15, 0.2) is 5.82 Å². The first-order valence-electron chi connectivity index (χ1n) is 10.0. The molecular formula is C21H27F4N3O. The van der Waals surface area contributed by atoms with Gasteiger partial charge in [0.2, 0.25) is 0 Å². The first kappa shape index (κ1) is 23.1. The van der Waals surface area contributed by atoms with Crippen molar-refractivity contribution >= 4 is 12.0 Å². The second-order valence-electron chi connectivity index (χ2n) is 7.40. The number of alkyl halides is 3. The third-order valence-electron chi connectivity index (χ3n) is 5.39. The van der Waals surface area contributed by atoms with Gasteiger partial charge < -0.3 is 9.69 Å². The molecule has 1 aromatic carbocycles. The lowest BCUT2D eigenvalue weighted by molar-refractivity contribution is -0.140. The molecule has 0 N–H and O–H groups in total. The second-order valence-corrected chi connectivity index (χ2v) is 7.40. The van der Waals surface area contributed by atoms with Gasteiger partial charge in [0.25, 0.3) is 0 Å². The number of nitrogens with zero attached hydrogens (tertiary/aromatic N) is 3. The van der Waals surface area contributed by atoms with Crippen LogP contribution in [0.4, 0.5) is 23.2 Å². The van der Waals surface area contributed by atoms with Crippen LogP contribution in [0.25, 0.3) is 0 Å². The zero-order valence-corrected chi connectivity index (χ0v) is 16.8. The third-order valence-corrected chi connectivity index (χ3v) is 5.39. The van der Waals surface area contributed by atoms with Crippen molar-refractivity contribution in [3.8, 4) is 6.07 Å².